The lowest BCUT2D eigenvalue weighted by Crippen LogP contribution is -2.58. The summed E-state index contributed by atoms with van der Waals surface area (Å²) in [6, 6.07) is 1.89. The summed E-state index contributed by atoms with van der Waals surface area (Å²) < 4.78 is 0. The van der Waals surface area contributed by atoms with Gasteiger partial charge in [-0.25, -0.2) is 0 Å². The molecule has 164 valence electrons. The summed E-state index contributed by atoms with van der Waals surface area (Å²) in [5, 5.41) is 43.6. The van der Waals surface area contributed by atoms with Crippen molar-refractivity contribution in [2.24, 2.45) is 17.6 Å². The first kappa shape index (κ1) is 21.1. The third kappa shape index (κ3) is 2.67. The summed E-state index contributed by atoms with van der Waals surface area (Å²) in [4.78, 5) is 37.4. The second-order valence-electron chi connectivity index (χ2n) is 8.51. The van der Waals surface area contributed by atoms with Gasteiger partial charge in [-0.05, 0) is 48.3 Å². The maximum absolute atomic E-state index is 13.4. The summed E-state index contributed by atoms with van der Waals surface area (Å²) in [5.74, 6) is -5.98. The summed E-state index contributed by atoms with van der Waals surface area (Å²) in [7, 11) is 0. The molecule has 1 fully saturated rings. The smallest absolute Gasteiger partial charge is 0.255 e. The Morgan fingerprint density at radius 3 is 2.35 bits per heavy atom. The Balaban J connectivity index is 1.96. The molecule has 0 unspecified atom stereocenters. The molecule has 0 aliphatic heterocycles. The van der Waals surface area contributed by atoms with E-state index in [0.29, 0.717) is 24.8 Å². The zero-order chi connectivity index (χ0) is 22.8. The van der Waals surface area contributed by atoms with Crippen molar-refractivity contribution in [3.8, 4) is 5.75 Å². The number of carbonyl (C=O) groups excluding carboxylic acids is 3. The van der Waals surface area contributed by atoms with Gasteiger partial charge in [-0.15, -0.1) is 0 Å². The molecule has 0 heterocycles. The number of rotatable bonds is 3. The highest BCUT2D eigenvalue weighted by Gasteiger charge is 2.60. The van der Waals surface area contributed by atoms with Crippen molar-refractivity contribution < 1.29 is 34.8 Å². The summed E-state index contributed by atoms with van der Waals surface area (Å²) >= 11 is 0. The number of benzene rings is 1. The number of carbonyl (C=O) groups is 3. The summed E-state index contributed by atoms with van der Waals surface area (Å²) in [5.41, 5.74) is 4.24. The first-order chi connectivity index (χ1) is 14.6. The van der Waals surface area contributed by atoms with Crippen LogP contribution in [0, 0.1) is 11.8 Å². The van der Waals surface area contributed by atoms with Gasteiger partial charge in [-0.1, -0.05) is 19.9 Å². The molecule has 3 aliphatic rings. The number of aryl methyl sites for hydroxylation is 2. The van der Waals surface area contributed by atoms with Crippen LogP contribution in [0.3, 0.4) is 0 Å². The number of nitrogens with two attached hydrogens (primary N) is 1. The second kappa shape index (κ2) is 6.95. The van der Waals surface area contributed by atoms with Gasteiger partial charge in [0.1, 0.15) is 22.8 Å². The van der Waals surface area contributed by atoms with E-state index in [2.05, 4.69) is 0 Å². The number of Topliss-reactive ketones (excluding diaryl/α,β-unsaturated/α-hetero) is 2. The predicted octanol–water partition coefficient (Wildman–Crippen LogP) is 1.55. The fourth-order valence-corrected chi connectivity index (χ4v) is 5.41. The van der Waals surface area contributed by atoms with Gasteiger partial charge in [0.15, 0.2) is 11.4 Å². The van der Waals surface area contributed by atoms with E-state index in [0.717, 1.165) is 11.1 Å². The third-order valence-electron chi connectivity index (χ3n) is 7.00. The fraction of sp³-hybridized carbons (Fsp3) is 0.435. The molecule has 8 heteroatoms. The van der Waals surface area contributed by atoms with Gasteiger partial charge in [0, 0.05) is 17.9 Å². The number of fused-ring (bicyclic) bond motifs is 3. The predicted molar refractivity (Wildman–Crippen MR) is 110 cm³/mol. The van der Waals surface area contributed by atoms with Crippen molar-refractivity contribution in [3.05, 3.63) is 45.2 Å². The van der Waals surface area contributed by atoms with Crippen LogP contribution in [0.4, 0.5) is 0 Å². The minimum Gasteiger partial charge on any atom is -0.508 e. The number of ketones is 2. The molecule has 1 aromatic rings. The summed E-state index contributed by atoms with van der Waals surface area (Å²) in [6.07, 6.45) is 1.35. The molecule has 0 bridgehead atoms. The Kier molecular flexibility index (Phi) is 4.73. The SMILES string of the molecule is CCc1cc(CC)c2c(c1O)C(O)=C1C(=O)[C@]3(O)C(O)=C(C(N)=O)C(=O)C[C@@H]3C[C@@H]1C2. The highest BCUT2D eigenvalue weighted by Crippen LogP contribution is 2.52. The number of hydrogen-bond donors (Lipinski definition) is 5. The molecule has 0 aromatic heterocycles. The van der Waals surface area contributed by atoms with E-state index in [-0.39, 0.29) is 29.7 Å². The Morgan fingerprint density at radius 2 is 1.77 bits per heavy atom. The first-order valence-corrected chi connectivity index (χ1v) is 10.4. The van der Waals surface area contributed by atoms with Gasteiger partial charge in [-0.3, -0.25) is 14.4 Å². The maximum Gasteiger partial charge on any atom is 0.255 e. The number of phenolic OH excluding ortho intramolecular Hbond substituents is 1. The topological polar surface area (TPSA) is 158 Å². The molecular formula is C23H25NO7. The average molecular weight is 427 g/mol. The normalized spacial score (nSPS) is 27.7. The van der Waals surface area contributed by atoms with Crippen LogP contribution in [0.2, 0.25) is 0 Å². The Morgan fingerprint density at radius 1 is 1.13 bits per heavy atom. The fourth-order valence-electron chi connectivity index (χ4n) is 5.41. The number of aliphatic hydroxyl groups excluding tert-OH is 2. The van der Waals surface area contributed by atoms with Crippen LogP contribution in [0.25, 0.3) is 5.76 Å². The quantitative estimate of drug-likeness (QED) is 0.458. The molecule has 0 spiro atoms. The number of phenols is 1. The van der Waals surface area contributed by atoms with Crippen molar-refractivity contribution in [2.45, 2.75) is 51.6 Å². The van der Waals surface area contributed by atoms with Crippen LogP contribution in [-0.2, 0) is 33.6 Å². The lowest BCUT2D eigenvalue weighted by atomic mass is 9.59. The van der Waals surface area contributed by atoms with Crippen LogP contribution in [0.5, 0.6) is 5.75 Å². The van der Waals surface area contributed by atoms with E-state index < -0.39 is 52.0 Å². The van der Waals surface area contributed by atoms with Gasteiger partial charge in [0.2, 0.25) is 5.78 Å². The van der Waals surface area contributed by atoms with E-state index in [9.17, 15) is 34.8 Å². The van der Waals surface area contributed by atoms with Crippen LogP contribution in [-0.4, -0.2) is 43.5 Å². The van der Waals surface area contributed by atoms with Crippen molar-refractivity contribution >= 4 is 23.2 Å². The lowest BCUT2D eigenvalue weighted by Gasteiger charge is -2.46. The molecule has 4 rings (SSSR count). The molecular weight excluding hydrogens is 402 g/mol. The average Bonchev–Trinajstić information content (AvgIpc) is 2.70. The molecule has 0 saturated heterocycles. The molecule has 6 N–H and O–H groups in total. The van der Waals surface area contributed by atoms with Crippen LogP contribution in [0.15, 0.2) is 23.0 Å². The van der Waals surface area contributed by atoms with Crippen LogP contribution in [0.1, 0.15) is 48.9 Å². The Hall–Kier alpha value is -3.13. The standard InChI is InChI=1S/C23H25NO7/c1-3-9-5-10(4-2)18(26)16-13(9)7-11-6-12-8-14(25)17(22(24)30)21(29)23(12,31)20(28)15(11)19(16)27/h5,11-12,26-27,29,31H,3-4,6-8H2,1-2H3,(H2,24,30)/t11-,12+,23+/m1/s1. The third-order valence-corrected chi connectivity index (χ3v) is 7.00. The Bertz CT molecular complexity index is 1110. The van der Waals surface area contributed by atoms with Crippen LogP contribution < -0.4 is 5.73 Å². The van der Waals surface area contributed by atoms with E-state index in [4.69, 9.17) is 5.73 Å². The van der Waals surface area contributed by atoms with Crippen molar-refractivity contribution in [3.63, 3.8) is 0 Å². The van der Waals surface area contributed by atoms with Gasteiger partial charge in [-0.2, -0.15) is 0 Å². The first-order valence-electron chi connectivity index (χ1n) is 10.4. The number of primary amides is 1. The minimum atomic E-state index is -2.53. The highest BCUT2D eigenvalue weighted by molar-refractivity contribution is 6.22. The zero-order valence-corrected chi connectivity index (χ0v) is 17.4. The largest absolute Gasteiger partial charge is 0.508 e. The van der Waals surface area contributed by atoms with Crippen molar-refractivity contribution in [1.29, 1.82) is 0 Å². The molecule has 8 nitrogen and oxygen atoms in total. The van der Waals surface area contributed by atoms with E-state index in [1.54, 1.807) is 0 Å². The second-order valence-corrected chi connectivity index (χ2v) is 8.51. The Labute approximate surface area is 178 Å². The van der Waals surface area contributed by atoms with Gasteiger partial charge in [0.25, 0.3) is 5.91 Å². The maximum atomic E-state index is 13.4. The van der Waals surface area contributed by atoms with Crippen LogP contribution >= 0.6 is 0 Å². The van der Waals surface area contributed by atoms with Crippen molar-refractivity contribution in [2.75, 3.05) is 0 Å². The zero-order valence-electron chi connectivity index (χ0n) is 17.4. The minimum absolute atomic E-state index is 0.110. The molecule has 1 aromatic carbocycles. The highest BCUT2D eigenvalue weighted by atomic mass is 16.3. The number of amides is 1. The molecule has 31 heavy (non-hydrogen) atoms. The van der Waals surface area contributed by atoms with Gasteiger partial charge in [0.05, 0.1) is 5.56 Å². The molecule has 1 amide bonds. The lowest BCUT2D eigenvalue weighted by molar-refractivity contribution is -0.147. The van der Waals surface area contributed by atoms with Gasteiger partial charge < -0.3 is 26.2 Å². The molecule has 0 radical (unpaired) electrons. The van der Waals surface area contributed by atoms with E-state index >= 15 is 0 Å². The van der Waals surface area contributed by atoms with Crippen molar-refractivity contribution in [1.82, 2.24) is 0 Å². The summed E-state index contributed by atoms with van der Waals surface area (Å²) in [6.45, 7) is 3.82. The van der Waals surface area contributed by atoms with Gasteiger partial charge >= 0.3 is 0 Å². The molecule has 3 atom stereocenters. The monoisotopic (exact) mass is 427 g/mol. The number of aromatic hydroxyl groups is 1. The van der Waals surface area contributed by atoms with E-state index in [1.165, 1.54) is 0 Å². The van der Waals surface area contributed by atoms with E-state index in [1.807, 2.05) is 19.9 Å². The molecule has 3 aliphatic carbocycles. The molecule has 1 saturated carbocycles. The number of hydrogen-bond acceptors (Lipinski definition) is 7. The number of aliphatic hydroxyl groups is 3.